The standard InChI is InChI=1S/C43H28N2OS/c1-3-11-29(12-4-1)32-15-9-16-34(27-32)45(35-25-26-38-37-17-7-8-20-40(37)47-41(38)28-35)33-23-21-30(22-24-33)36-18-10-19-39-42(36)44-43(46-39)31-13-5-2-6-14-31/h1-28H. The van der Waals surface area contributed by atoms with Crippen LogP contribution in [0.25, 0.3) is 65.0 Å². The van der Waals surface area contributed by atoms with Gasteiger partial charge < -0.3 is 9.32 Å². The lowest BCUT2D eigenvalue weighted by Crippen LogP contribution is -2.09. The number of oxazole rings is 1. The Bertz CT molecular complexity index is 2510. The van der Waals surface area contributed by atoms with Crippen LogP contribution in [0.4, 0.5) is 17.1 Å². The number of fused-ring (bicyclic) bond motifs is 4. The summed E-state index contributed by atoms with van der Waals surface area (Å²) in [4.78, 5) is 7.27. The Kier molecular flexibility index (Phi) is 6.65. The van der Waals surface area contributed by atoms with E-state index in [4.69, 9.17) is 9.40 Å². The molecule has 0 unspecified atom stereocenters. The van der Waals surface area contributed by atoms with Gasteiger partial charge in [-0.05, 0) is 77.4 Å². The van der Waals surface area contributed by atoms with Crippen molar-refractivity contribution in [2.45, 2.75) is 0 Å². The van der Waals surface area contributed by atoms with Crippen LogP contribution in [-0.2, 0) is 0 Å². The summed E-state index contributed by atoms with van der Waals surface area (Å²) in [6.45, 7) is 0. The average Bonchev–Trinajstić information content (AvgIpc) is 3.75. The van der Waals surface area contributed by atoms with Crippen LogP contribution >= 0.6 is 11.3 Å². The molecule has 0 aliphatic heterocycles. The summed E-state index contributed by atoms with van der Waals surface area (Å²) in [7, 11) is 0. The van der Waals surface area contributed by atoms with E-state index in [0.717, 1.165) is 44.9 Å². The van der Waals surface area contributed by atoms with Crippen molar-refractivity contribution in [2.75, 3.05) is 4.90 Å². The number of thiophene rings is 1. The lowest BCUT2D eigenvalue weighted by molar-refractivity contribution is 0.620. The summed E-state index contributed by atoms with van der Waals surface area (Å²) < 4.78 is 8.76. The molecule has 222 valence electrons. The van der Waals surface area contributed by atoms with E-state index in [-0.39, 0.29) is 0 Å². The molecular weight excluding hydrogens is 593 g/mol. The van der Waals surface area contributed by atoms with Gasteiger partial charge in [0.05, 0.1) is 0 Å². The maximum atomic E-state index is 6.18. The van der Waals surface area contributed by atoms with Crippen molar-refractivity contribution in [1.82, 2.24) is 4.98 Å². The fraction of sp³-hybridized carbons (Fsp3) is 0. The molecule has 9 rings (SSSR count). The third-order valence-corrected chi connectivity index (χ3v) is 9.84. The third-order valence-electron chi connectivity index (χ3n) is 8.71. The minimum atomic E-state index is 0.630. The van der Waals surface area contributed by atoms with Crippen molar-refractivity contribution < 1.29 is 4.42 Å². The number of para-hydroxylation sites is 1. The second-order valence-corrected chi connectivity index (χ2v) is 12.7. The van der Waals surface area contributed by atoms with Crippen molar-refractivity contribution in [3.05, 3.63) is 170 Å². The molecule has 0 spiro atoms. The largest absolute Gasteiger partial charge is 0.436 e. The highest BCUT2D eigenvalue weighted by molar-refractivity contribution is 7.25. The van der Waals surface area contributed by atoms with Crippen molar-refractivity contribution in [1.29, 1.82) is 0 Å². The van der Waals surface area contributed by atoms with Crippen LogP contribution in [0, 0.1) is 0 Å². The first-order chi connectivity index (χ1) is 23.3. The van der Waals surface area contributed by atoms with E-state index in [2.05, 4.69) is 132 Å². The van der Waals surface area contributed by atoms with Gasteiger partial charge in [-0.1, -0.05) is 109 Å². The zero-order chi connectivity index (χ0) is 31.2. The first kappa shape index (κ1) is 27.3. The van der Waals surface area contributed by atoms with Crippen molar-refractivity contribution in [3.63, 3.8) is 0 Å². The highest BCUT2D eigenvalue weighted by Gasteiger charge is 2.17. The molecule has 9 aromatic rings. The van der Waals surface area contributed by atoms with Gasteiger partial charge in [0.25, 0.3) is 0 Å². The maximum absolute atomic E-state index is 6.18. The van der Waals surface area contributed by atoms with E-state index in [1.807, 2.05) is 53.8 Å². The Hall–Kier alpha value is -5.97. The zero-order valence-electron chi connectivity index (χ0n) is 25.4. The lowest BCUT2D eigenvalue weighted by Gasteiger charge is -2.26. The van der Waals surface area contributed by atoms with Crippen LogP contribution in [0.5, 0.6) is 0 Å². The Morgan fingerprint density at radius 2 is 1.11 bits per heavy atom. The van der Waals surface area contributed by atoms with Crippen LogP contribution in [0.3, 0.4) is 0 Å². The predicted molar refractivity (Wildman–Crippen MR) is 198 cm³/mol. The summed E-state index contributed by atoms with van der Waals surface area (Å²) >= 11 is 1.84. The van der Waals surface area contributed by atoms with E-state index in [0.29, 0.717) is 5.89 Å². The molecule has 0 radical (unpaired) electrons. The van der Waals surface area contributed by atoms with Crippen LogP contribution in [-0.4, -0.2) is 4.98 Å². The second-order valence-electron chi connectivity index (χ2n) is 11.6. The van der Waals surface area contributed by atoms with Gasteiger partial charge in [0.2, 0.25) is 5.89 Å². The molecule has 7 aromatic carbocycles. The summed E-state index contributed by atoms with van der Waals surface area (Å²) in [6.07, 6.45) is 0. The van der Waals surface area contributed by atoms with Crippen molar-refractivity contribution in [2.24, 2.45) is 0 Å². The van der Waals surface area contributed by atoms with Gasteiger partial charge in [0, 0.05) is 48.4 Å². The smallest absolute Gasteiger partial charge is 0.227 e. The maximum Gasteiger partial charge on any atom is 0.227 e. The summed E-state index contributed by atoms with van der Waals surface area (Å²) in [5, 5.41) is 2.59. The monoisotopic (exact) mass is 620 g/mol. The molecular formula is C43H28N2OS. The molecule has 0 atom stereocenters. The molecule has 0 saturated heterocycles. The molecule has 0 aliphatic carbocycles. The summed E-state index contributed by atoms with van der Waals surface area (Å²) in [5.41, 5.74) is 10.4. The Labute approximate surface area is 276 Å². The second kappa shape index (κ2) is 11.4. The predicted octanol–water partition coefficient (Wildman–Crippen LogP) is 12.7. The number of benzene rings is 7. The fourth-order valence-electron chi connectivity index (χ4n) is 6.43. The molecule has 0 aliphatic rings. The molecule has 0 saturated carbocycles. The number of hydrogen-bond acceptors (Lipinski definition) is 4. The Morgan fingerprint density at radius 1 is 0.447 bits per heavy atom. The number of nitrogens with zero attached hydrogens (tertiary/aromatic N) is 2. The van der Waals surface area contributed by atoms with Crippen LogP contribution in [0.15, 0.2) is 174 Å². The normalized spacial score (nSPS) is 11.4. The first-order valence-electron chi connectivity index (χ1n) is 15.7. The lowest BCUT2D eigenvalue weighted by atomic mass is 10.0. The van der Waals surface area contributed by atoms with E-state index in [9.17, 15) is 0 Å². The minimum Gasteiger partial charge on any atom is -0.436 e. The van der Waals surface area contributed by atoms with E-state index in [1.165, 1.54) is 31.3 Å². The van der Waals surface area contributed by atoms with Gasteiger partial charge in [0.1, 0.15) is 5.52 Å². The average molecular weight is 621 g/mol. The Morgan fingerprint density at radius 3 is 1.94 bits per heavy atom. The highest BCUT2D eigenvalue weighted by Crippen LogP contribution is 2.42. The van der Waals surface area contributed by atoms with Crippen molar-refractivity contribution in [3.8, 4) is 33.7 Å². The summed E-state index contributed by atoms with van der Waals surface area (Å²) in [5.74, 6) is 0.630. The fourth-order valence-corrected chi connectivity index (χ4v) is 7.57. The quantitative estimate of drug-likeness (QED) is 0.185. The van der Waals surface area contributed by atoms with E-state index < -0.39 is 0 Å². The van der Waals surface area contributed by atoms with Crippen LogP contribution in [0.2, 0.25) is 0 Å². The number of hydrogen-bond donors (Lipinski definition) is 0. The van der Waals surface area contributed by atoms with Gasteiger partial charge in [-0.15, -0.1) is 11.3 Å². The molecule has 2 heterocycles. The number of anilines is 3. The van der Waals surface area contributed by atoms with Crippen LogP contribution < -0.4 is 4.90 Å². The first-order valence-corrected chi connectivity index (χ1v) is 16.5. The van der Waals surface area contributed by atoms with Gasteiger partial charge in [-0.25, -0.2) is 4.98 Å². The number of aromatic nitrogens is 1. The molecule has 3 nitrogen and oxygen atoms in total. The van der Waals surface area contributed by atoms with Gasteiger partial charge in [-0.3, -0.25) is 0 Å². The number of rotatable bonds is 6. The topological polar surface area (TPSA) is 29.3 Å². The Balaban J connectivity index is 1.16. The van der Waals surface area contributed by atoms with E-state index >= 15 is 0 Å². The molecule has 2 aromatic heterocycles. The molecule has 4 heteroatoms. The molecule has 0 bridgehead atoms. The SMILES string of the molecule is c1ccc(-c2cccc(N(c3ccc(-c4cccc5oc(-c6ccccc6)nc45)cc3)c3ccc4c(c3)sc3ccccc34)c2)cc1. The van der Waals surface area contributed by atoms with Crippen molar-refractivity contribution >= 4 is 59.7 Å². The highest BCUT2D eigenvalue weighted by atomic mass is 32.1. The molecule has 47 heavy (non-hydrogen) atoms. The summed E-state index contributed by atoms with van der Waals surface area (Å²) in [6, 6.07) is 59.8. The van der Waals surface area contributed by atoms with Gasteiger partial charge in [-0.2, -0.15) is 0 Å². The third kappa shape index (κ3) is 4.96. The minimum absolute atomic E-state index is 0.630. The molecule has 0 amide bonds. The van der Waals surface area contributed by atoms with Crippen LogP contribution in [0.1, 0.15) is 0 Å². The molecule has 0 N–H and O–H groups in total. The zero-order valence-corrected chi connectivity index (χ0v) is 26.2. The molecule has 0 fully saturated rings. The van der Waals surface area contributed by atoms with Gasteiger partial charge in [0.15, 0.2) is 5.58 Å². The van der Waals surface area contributed by atoms with E-state index in [1.54, 1.807) is 0 Å². The van der Waals surface area contributed by atoms with Gasteiger partial charge >= 0.3 is 0 Å².